The number of hydrogen-bond acceptors (Lipinski definition) is 5. The van der Waals surface area contributed by atoms with Crippen molar-refractivity contribution in [2.24, 2.45) is 0 Å². The summed E-state index contributed by atoms with van der Waals surface area (Å²) in [6.07, 6.45) is 1.76. The first kappa shape index (κ1) is 22.4. The molecule has 0 N–H and O–H groups in total. The second kappa shape index (κ2) is 8.96. The van der Waals surface area contributed by atoms with Crippen LogP contribution in [0.15, 0.2) is 29.2 Å². The Kier molecular flexibility index (Phi) is 6.26. The Labute approximate surface area is 192 Å². The molecule has 8 heteroatoms. The monoisotopic (exact) mass is 453 g/mol. The molecule has 0 bridgehead atoms. The van der Waals surface area contributed by atoms with Gasteiger partial charge in [-0.25, -0.2) is 0 Å². The van der Waals surface area contributed by atoms with Gasteiger partial charge in [0, 0.05) is 24.5 Å². The van der Waals surface area contributed by atoms with Crippen LogP contribution in [-0.4, -0.2) is 64.3 Å². The number of morpholine rings is 1. The van der Waals surface area contributed by atoms with E-state index in [0.29, 0.717) is 31.2 Å². The van der Waals surface area contributed by atoms with Crippen LogP contribution in [0.5, 0.6) is 0 Å². The molecule has 32 heavy (non-hydrogen) atoms. The number of nitrogens with zero attached hydrogens (tertiary/aromatic N) is 3. The minimum absolute atomic E-state index is 0.231. The molecule has 2 aliphatic heterocycles. The van der Waals surface area contributed by atoms with Crippen molar-refractivity contribution in [3.8, 4) is 5.69 Å². The summed E-state index contributed by atoms with van der Waals surface area (Å²) in [5.41, 5.74) is 6.39. The number of hydrogen-bond donors (Lipinski definition) is 0. The Hall–Kier alpha value is -2.84. The number of thioether (sulfide) groups is 1. The third-order valence-electron chi connectivity index (χ3n) is 5.95. The van der Waals surface area contributed by atoms with Crippen molar-refractivity contribution in [3.05, 3.63) is 57.2 Å². The largest absolute Gasteiger partial charge is 0.378 e. The Morgan fingerprint density at radius 1 is 1.09 bits per heavy atom. The molecule has 1 aromatic heterocycles. The lowest BCUT2D eigenvalue weighted by Crippen LogP contribution is -2.46. The predicted octanol–water partition coefficient (Wildman–Crippen LogP) is 3.61. The van der Waals surface area contributed by atoms with Crippen LogP contribution in [0.25, 0.3) is 11.8 Å². The molecule has 0 aliphatic carbocycles. The number of carbonyl (C=O) groups excluding carboxylic acids is 3. The number of aromatic nitrogens is 1. The number of ether oxygens (including phenoxy) is 1. The molecule has 0 unspecified atom stereocenters. The van der Waals surface area contributed by atoms with Gasteiger partial charge in [-0.15, -0.1) is 0 Å². The van der Waals surface area contributed by atoms with E-state index in [2.05, 4.69) is 30.5 Å². The summed E-state index contributed by atoms with van der Waals surface area (Å²) in [5, 5.41) is -0.411. The third kappa shape index (κ3) is 4.12. The van der Waals surface area contributed by atoms with Crippen molar-refractivity contribution < 1.29 is 19.1 Å². The van der Waals surface area contributed by atoms with Crippen LogP contribution in [0.1, 0.15) is 28.1 Å². The van der Waals surface area contributed by atoms with Crippen molar-refractivity contribution in [3.63, 3.8) is 0 Å². The lowest BCUT2D eigenvalue weighted by molar-refractivity contribution is -0.139. The molecule has 2 fully saturated rings. The molecule has 2 aromatic rings. The van der Waals surface area contributed by atoms with Gasteiger partial charge in [0.05, 0.1) is 23.8 Å². The summed E-state index contributed by atoms with van der Waals surface area (Å²) in [6, 6.07) is 8.22. The van der Waals surface area contributed by atoms with Crippen molar-refractivity contribution >= 4 is 34.9 Å². The van der Waals surface area contributed by atoms with Gasteiger partial charge in [0.1, 0.15) is 6.54 Å². The Bertz CT molecular complexity index is 1110. The molecule has 7 nitrogen and oxygen atoms in total. The van der Waals surface area contributed by atoms with Crippen molar-refractivity contribution in [2.45, 2.75) is 27.7 Å². The first-order valence-electron chi connectivity index (χ1n) is 10.6. The van der Waals surface area contributed by atoms with E-state index < -0.39 is 11.1 Å². The zero-order valence-electron chi connectivity index (χ0n) is 18.8. The van der Waals surface area contributed by atoms with Gasteiger partial charge in [-0.2, -0.15) is 0 Å². The number of imide groups is 1. The van der Waals surface area contributed by atoms with E-state index in [1.165, 1.54) is 11.1 Å². The first-order valence-corrected chi connectivity index (χ1v) is 11.5. The Balaban J connectivity index is 1.59. The zero-order chi connectivity index (χ0) is 23.0. The maximum atomic E-state index is 12.9. The van der Waals surface area contributed by atoms with E-state index >= 15 is 0 Å². The second-order valence-corrected chi connectivity index (χ2v) is 9.16. The van der Waals surface area contributed by atoms with Crippen molar-refractivity contribution in [1.82, 2.24) is 14.4 Å². The Morgan fingerprint density at radius 3 is 2.41 bits per heavy atom. The molecule has 3 heterocycles. The van der Waals surface area contributed by atoms with Crippen LogP contribution in [0.3, 0.4) is 0 Å². The van der Waals surface area contributed by atoms with Crippen LogP contribution >= 0.6 is 11.8 Å². The van der Waals surface area contributed by atoms with Crippen LogP contribution in [0.4, 0.5) is 4.79 Å². The second-order valence-electron chi connectivity index (χ2n) is 8.16. The molecule has 3 amide bonds. The number of para-hydroxylation sites is 1. The normalized spacial score (nSPS) is 18.2. The average molecular weight is 454 g/mol. The highest BCUT2D eigenvalue weighted by Gasteiger charge is 2.37. The maximum Gasteiger partial charge on any atom is 0.294 e. The molecule has 168 valence electrons. The van der Waals surface area contributed by atoms with Gasteiger partial charge in [0.15, 0.2) is 0 Å². The summed E-state index contributed by atoms with van der Waals surface area (Å²) in [5.74, 6) is -0.649. The lowest BCUT2D eigenvalue weighted by Gasteiger charge is -2.28. The fourth-order valence-electron chi connectivity index (χ4n) is 4.26. The smallest absolute Gasteiger partial charge is 0.294 e. The topological polar surface area (TPSA) is 71.8 Å². The maximum absolute atomic E-state index is 12.9. The predicted molar refractivity (Wildman–Crippen MR) is 125 cm³/mol. The highest BCUT2D eigenvalue weighted by atomic mass is 32.2. The van der Waals surface area contributed by atoms with E-state index in [-0.39, 0.29) is 12.5 Å². The summed E-state index contributed by atoms with van der Waals surface area (Å²) < 4.78 is 7.44. The number of aryl methyl sites for hydroxylation is 3. The van der Waals surface area contributed by atoms with Gasteiger partial charge in [0.2, 0.25) is 5.91 Å². The summed E-state index contributed by atoms with van der Waals surface area (Å²) in [6.45, 7) is 9.89. The van der Waals surface area contributed by atoms with Crippen LogP contribution < -0.4 is 0 Å². The van der Waals surface area contributed by atoms with E-state index in [4.69, 9.17) is 4.74 Å². The number of amides is 3. The van der Waals surface area contributed by atoms with Gasteiger partial charge in [-0.1, -0.05) is 18.2 Å². The fourth-order valence-corrected chi connectivity index (χ4v) is 5.09. The van der Waals surface area contributed by atoms with Crippen LogP contribution in [0.2, 0.25) is 0 Å². The highest BCUT2D eigenvalue weighted by molar-refractivity contribution is 8.18. The lowest BCUT2D eigenvalue weighted by atomic mass is 10.1. The summed E-state index contributed by atoms with van der Waals surface area (Å²) in [4.78, 5) is 41.0. The molecule has 0 radical (unpaired) electrons. The van der Waals surface area contributed by atoms with Crippen molar-refractivity contribution in [2.75, 3.05) is 32.8 Å². The molecule has 2 saturated heterocycles. The molecule has 2 aliphatic rings. The number of carbonyl (C=O) groups is 3. The minimum atomic E-state index is -0.418. The van der Waals surface area contributed by atoms with Gasteiger partial charge in [-0.05, 0) is 68.3 Å². The summed E-state index contributed by atoms with van der Waals surface area (Å²) >= 11 is 0.885. The first-order chi connectivity index (χ1) is 15.3. The summed E-state index contributed by atoms with van der Waals surface area (Å²) in [7, 11) is 0. The zero-order valence-corrected chi connectivity index (χ0v) is 19.6. The van der Waals surface area contributed by atoms with E-state index in [9.17, 15) is 14.4 Å². The van der Waals surface area contributed by atoms with Gasteiger partial charge >= 0.3 is 0 Å². The average Bonchev–Trinajstić information content (AvgIpc) is 3.18. The van der Waals surface area contributed by atoms with Gasteiger partial charge < -0.3 is 14.2 Å². The standard InChI is InChI=1S/C24H27N3O4S/c1-15-6-5-7-16(2)22(15)27-17(3)12-19(18(27)4)13-20-23(29)26(24(30)32-20)14-21(28)25-8-10-31-11-9-25/h5-7,12-13H,8-11,14H2,1-4H3/b20-13+. The number of benzene rings is 1. The van der Waals surface area contributed by atoms with Crippen molar-refractivity contribution in [1.29, 1.82) is 0 Å². The SMILES string of the molecule is Cc1cccc(C)c1-n1c(C)cc(/C=C2/SC(=O)N(CC(=O)N3CCOCC3)C2=O)c1C. The van der Waals surface area contributed by atoms with Crippen LogP contribution in [-0.2, 0) is 14.3 Å². The number of rotatable bonds is 4. The van der Waals surface area contributed by atoms with Gasteiger partial charge in [-0.3, -0.25) is 19.3 Å². The van der Waals surface area contributed by atoms with E-state index in [1.807, 2.05) is 26.0 Å². The molecular formula is C24H27N3O4S. The fraction of sp³-hybridized carbons (Fsp3) is 0.375. The van der Waals surface area contributed by atoms with Gasteiger partial charge in [0.25, 0.3) is 11.1 Å². The molecule has 0 atom stereocenters. The molecule has 1 aromatic carbocycles. The Morgan fingerprint density at radius 2 is 1.75 bits per heavy atom. The van der Waals surface area contributed by atoms with Crippen LogP contribution in [0, 0.1) is 27.7 Å². The molecule has 4 rings (SSSR count). The molecular weight excluding hydrogens is 426 g/mol. The van der Waals surface area contributed by atoms with E-state index in [0.717, 1.165) is 39.3 Å². The minimum Gasteiger partial charge on any atom is -0.378 e. The quantitative estimate of drug-likeness (QED) is 0.662. The third-order valence-corrected chi connectivity index (χ3v) is 6.86. The van der Waals surface area contributed by atoms with E-state index in [1.54, 1.807) is 11.0 Å². The molecule has 0 saturated carbocycles. The molecule has 0 spiro atoms. The highest BCUT2D eigenvalue weighted by Crippen LogP contribution is 2.34.